The van der Waals surface area contributed by atoms with Gasteiger partial charge in [0.15, 0.2) is 0 Å². The molecule has 0 fully saturated rings. The topological polar surface area (TPSA) is 38.7 Å². The van der Waals surface area contributed by atoms with E-state index in [0.29, 0.717) is 12.4 Å². The molecule has 3 rings (SSSR count). The molecule has 0 aliphatic heterocycles. The van der Waals surface area contributed by atoms with Gasteiger partial charge in [0.05, 0.1) is 0 Å². The standard InChI is InChI=1S/C34H49O3P/c1-28(2)20-12-10-8-6-7-9-11-19-27-36-38(35,33-25-17-14-22-30(33)4,34-26-18-15-23-31(34)5)37-32-24-16-13-21-29(32)3/h13-18,21-26,28,35H,6-12,19-20,27H2,1-5H3. The van der Waals surface area contributed by atoms with E-state index in [-0.39, 0.29) is 0 Å². The summed E-state index contributed by atoms with van der Waals surface area (Å²) in [6.45, 7) is 11.1. The Bertz CT molecular complexity index is 1090. The first-order valence-corrected chi connectivity index (χ1v) is 16.6. The molecule has 0 heterocycles. The minimum absolute atomic E-state index is 0.442. The predicted molar refractivity (Wildman–Crippen MR) is 165 cm³/mol. The van der Waals surface area contributed by atoms with Crippen molar-refractivity contribution >= 4 is 17.9 Å². The second-order valence-corrected chi connectivity index (χ2v) is 14.4. The fraction of sp³-hybridized carbons (Fsp3) is 0.471. The van der Waals surface area contributed by atoms with Gasteiger partial charge in [-0.3, -0.25) is 0 Å². The number of unbranched alkanes of at least 4 members (excludes halogenated alkanes) is 7. The summed E-state index contributed by atoms with van der Waals surface area (Å²) < 4.78 is 13.6. The molecule has 0 amide bonds. The van der Waals surface area contributed by atoms with Crippen LogP contribution < -0.4 is 15.1 Å². The van der Waals surface area contributed by atoms with Crippen molar-refractivity contribution < 1.29 is 13.9 Å². The summed E-state index contributed by atoms with van der Waals surface area (Å²) in [4.78, 5) is 13.1. The average molecular weight is 537 g/mol. The van der Waals surface area contributed by atoms with E-state index < -0.39 is 7.28 Å². The molecule has 3 aromatic rings. The van der Waals surface area contributed by atoms with Crippen LogP contribution in [0.1, 0.15) is 88.3 Å². The second kappa shape index (κ2) is 14.3. The number of benzene rings is 3. The monoisotopic (exact) mass is 536 g/mol. The summed E-state index contributed by atoms with van der Waals surface area (Å²) in [7, 11) is -4.53. The molecule has 3 aromatic carbocycles. The van der Waals surface area contributed by atoms with Gasteiger partial charge >= 0.3 is 218 Å². The van der Waals surface area contributed by atoms with E-state index in [1.807, 2.05) is 93.6 Å². The first-order valence-electron chi connectivity index (χ1n) is 14.6. The van der Waals surface area contributed by atoms with Crippen molar-refractivity contribution in [2.75, 3.05) is 6.61 Å². The van der Waals surface area contributed by atoms with Crippen LogP contribution in [-0.2, 0) is 4.52 Å². The molecule has 3 nitrogen and oxygen atoms in total. The van der Waals surface area contributed by atoms with Crippen LogP contribution in [0.2, 0.25) is 0 Å². The molecular formula is C34H49O3P. The molecule has 208 valence electrons. The molecule has 0 bridgehead atoms. The Morgan fingerprint density at radius 3 is 1.55 bits per heavy atom. The van der Waals surface area contributed by atoms with Crippen molar-refractivity contribution in [2.45, 2.75) is 92.4 Å². The van der Waals surface area contributed by atoms with E-state index in [0.717, 1.165) is 46.1 Å². The van der Waals surface area contributed by atoms with Crippen molar-refractivity contribution in [2.24, 2.45) is 5.92 Å². The summed E-state index contributed by atoms with van der Waals surface area (Å²) in [5.74, 6) is 1.46. The molecule has 1 N–H and O–H groups in total. The Hall–Kier alpha value is -2.19. The molecule has 0 aliphatic carbocycles. The Morgan fingerprint density at radius 1 is 0.605 bits per heavy atom. The Balaban J connectivity index is 1.80. The van der Waals surface area contributed by atoms with Crippen LogP contribution in [0.15, 0.2) is 72.8 Å². The molecule has 4 heteroatoms. The second-order valence-electron chi connectivity index (χ2n) is 11.2. The van der Waals surface area contributed by atoms with Crippen LogP contribution in [-0.4, -0.2) is 11.5 Å². The summed E-state index contributed by atoms with van der Waals surface area (Å²) in [6.07, 6.45) is 11.1. The van der Waals surface area contributed by atoms with Gasteiger partial charge in [-0.1, -0.05) is 13.8 Å². The quantitative estimate of drug-likeness (QED) is 0.147. The Morgan fingerprint density at radius 2 is 1.05 bits per heavy atom. The molecule has 0 aliphatic rings. The van der Waals surface area contributed by atoms with E-state index in [1.165, 1.54) is 44.9 Å². The molecule has 0 saturated carbocycles. The molecule has 0 radical (unpaired) electrons. The Kier molecular flexibility index (Phi) is 11.4. The van der Waals surface area contributed by atoms with Crippen LogP contribution in [0, 0.1) is 26.7 Å². The van der Waals surface area contributed by atoms with Crippen LogP contribution in [0.3, 0.4) is 0 Å². The van der Waals surface area contributed by atoms with Crippen molar-refractivity contribution in [1.29, 1.82) is 0 Å². The zero-order chi connectivity index (χ0) is 27.5. The van der Waals surface area contributed by atoms with Gasteiger partial charge in [-0.15, -0.1) is 0 Å². The third-order valence-corrected chi connectivity index (χ3v) is 11.3. The van der Waals surface area contributed by atoms with Crippen LogP contribution in [0.4, 0.5) is 0 Å². The zero-order valence-corrected chi connectivity index (χ0v) is 25.2. The third kappa shape index (κ3) is 7.69. The molecule has 0 atom stereocenters. The van der Waals surface area contributed by atoms with Gasteiger partial charge in [0.2, 0.25) is 0 Å². The van der Waals surface area contributed by atoms with E-state index in [1.54, 1.807) is 0 Å². The minimum atomic E-state index is -4.53. The van der Waals surface area contributed by atoms with Gasteiger partial charge in [0.1, 0.15) is 0 Å². The first kappa shape index (κ1) is 30.4. The summed E-state index contributed by atoms with van der Waals surface area (Å²) >= 11 is 0. The van der Waals surface area contributed by atoms with Crippen LogP contribution in [0.25, 0.3) is 0 Å². The van der Waals surface area contributed by atoms with E-state index in [9.17, 15) is 4.89 Å². The number of hydrogen-bond acceptors (Lipinski definition) is 3. The van der Waals surface area contributed by atoms with Gasteiger partial charge in [-0.25, -0.2) is 0 Å². The number of rotatable bonds is 16. The normalized spacial score (nSPS) is 12.9. The van der Waals surface area contributed by atoms with Gasteiger partial charge in [-0.2, -0.15) is 0 Å². The molecule has 0 saturated heterocycles. The maximum absolute atomic E-state index is 13.1. The van der Waals surface area contributed by atoms with Crippen LogP contribution in [0.5, 0.6) is 5.75 Å². The number of para-hydroxylation sites is 1. The SMILES string of the molecule is Cc1ccccc1OP(O)(OCCCCCCCCCCC(C)C)(c1ccccc1C)c1ccccc1C. The molecule has 0 spiro atoms. The van der Waals surface area contributed by atoms with Crippen molar-refractivity contribution in [3.63, 3.8) is 0 Å². The van der Waals surface area contributed by atoms with Gasteiger partial charge in [0, 0.05) is 0 Å². The summed E-state index contributed by atoms with van der Waals surface area (Å²) in [5, 5.41) is 1.47. The fourth-order valence-electron chi connectivity index (χ4n) is 5.20. The number of hydrogen-bond donors (Lipinski definition) is 1. The average Bonchev–Trinajstić information content (AvgIpc) is 2.89. The van der Waals surface area contributed by atoms with E-state index >= 15 is 0 Å². The first-order chi connectivity index (χ1) is 18.2. The number of aryl methyl sites for hydroxylation is 3. The van der Waals surface area contributed by atoms with Gasteiger partial charge < -0.3 is 0 Å². The van der Waals surface area contributed by atoms with Crippen LogP contribution >= 0.6 is 7.28 Å². The zero-order valence-electron chi connectivity index (χ0n) is 24.3. The van der Waals surface area contributed by atoms with Gasteiger partial charge in [0.25, 0.3) is 0 Å². The molecule has 0 aromatic heterocycles. The summed E-state index contributed by atoms with van der Waals surface area (Å²) in [5.41, 5.74) is 2.89. The maximum atomic E-state index is 13.1. The molecule has 0 unspecified atom stereocenters. The van der Waals surface area contributed by atoms with E-state index in [2.05, 4.69) is 13.8 Å². The van der Waals surface area contributed by atoms with Crippen molar-refractivity contribution in [1.82, 2.24) is 0 Å². The molecule has 38 heavy (non-hydrogen) atoms. The summed E-state index contributed by atoms with van der Waals surface area (Å²) in [6, 6.07) is 23.8. The van der Waals surface area contributed by atoms with Crippen molar-refractivity contribution in [3.05, 3.63) is 89.5 Å². The van der Waals surface area contributed by atoms with E-state index in [4.69, 9.17) is 9.05 Å². The Labute approximate surface area is 231 Å². The molecular weight excluding hydrogens is 487 g/mol. The van der Waals surface area contributed by atoms with Gasteiger partial charge in [-0.05, 0) is 0 Å². The van der Waals surface area contributed by atoms with Crippen molar-refractivity contribution in [3.8, 4) is 5.75 Å². The third-order valence-electron chi connectivity index (χ3n) is 7.45. The predicted octanol–water partition coefficient (Wildman–Crippen LogP) is 9.12. The fourth-order valence-corrected chi connectivity index (χ4v) is 9.11.